The molecular weight excluding hydrogens is 302 g/mol. The molecule has 20 heavy (non-hydrogen) atoms. The van der Waals surface area contributed by atoms with Gasteiger partial charge in [-0.05, 0) is 30.7 Å². The van der Waals surface area contributed by atoms with Crippen LogP contribution in [0.2, 0.25) is 0 Å². The van der Waals surface area contributed by atoms with E-state index in [9.17, 15) is 16.8 Å². The SMILES string of the molecule is NNc1ccc(S(=O)(=O)N2CCCS(=O)(=O)CC2)cc1. The molecule has 1 aliphatic rings. The Labute approximate surface area is 118 Å². The number of hydrogen-bond acceptors (Lipinski definition) is 6. The van der Waals surface area contributed by atoms with Crippen molar-refractivity contribution in [2.24, 2.45) is 5.84 Å². The highest BCUT2D eigenvalue weighted by molar-refractivity contribution is 7.91. The first-order valence-corrected chi connectivity index (χ1v) is 9.38. The number of sulfonamides is 1. The van der Waals surface area contributed by atoms with Crippen LogP contribution >= 0.6 is 0 Å². The molecule has 0 radical (unpaired) electrons. The van der Waals surface area contributed by atoms with E-state index in [4.69, 9.17) is 5.84 Å². The normalized spacial score (nSPS) is 20.2. The van der Waals surface area contributed by atoms with Crippen molar-refractivity contribution >= 4 is 25.5 Å². The quantitative estimate of drug-likeness (QED) is 0.589. The Kier molecular flexibility index (Phi) is 4.33. The summed E-state index contributed by atoms with van der Waals surface area (Å²) in [5.41, 5.74) is 3.02. The van der Waals surface area contributed by atoms with Crippen LogP contribution in [0.5, 0.6) is 0 Å². The number of sulfone groups is 1. The molecule has 1 aromatic carbocycles. The van der Waals surface area contributed by atoms with E-state index in [2.05, 4.69) is 5.43 Å². The molecule has 1 aliphatic heterocycles. The number of hydrogen-bond donors (Lipinski definition) is 2. The van der Waals surface area contributed by atoms with Crippen LogP contribution in [0.15, 0.2) is 29.2 Å². The molecule has 0 unspecified atom stereocenters. The van der Waals surface area contributed by atoms with Gasteiger partial charge >= 0.3 is 0 Å². The summed E-state index contributed by atoms with van der Waals surface area (Å²) in [5, 5.41) is 0. The van der Waals surface area contributed by atoms with Crippen LogP contribution in [0.25, 0.3) is 0 Å². The van der Waals surface area contributed by atoms with Gasteiger partial charge in [0.25, 0.3) is 0 Å². The first-order valence-electron chi connectivity index (χ1n) is 6.12. The van der Waals surface area contributed by atoms with Gasteiger partial charge in [0.2, 0.25) is 10.0 Å². The van der Waals surface area contributed by atoms with Gasteiger partial charge in [-0.3, -0.25) is 5.84 Å². The second-order valence-corrected chi connectivity index (χ2v) is 8.82. The zero-order valence-corrected chi connectivity index (χ0v) is 12.5. The van der Waals surface area contributed by atoms with E-state index in [-0.39, 0.29) is 29.5 Å². The van der Waals surface area contributed by atoms with E-state index in [0.29, 0.717) is 12.1 Å². The summed E-state index contributed by atoms with van der Waals surface area (Å²) < 4.78 is 49.1. The standard InChI is InChI=1S/C11H17N3O4S2/c12-13-10-2-4-11(5-3-10)20(17,18)14-6-1-8-19(15,16)9-7-14/h2-5,13H,1,6-9,12H2. The molecule has 112 valence electrons. The summed E-state index contributed by atoms with van der Waals surface area (Å²) in [6, 6.07) is 6.01. The molecule has 0 atom stereocenters. The van der Waals surface area contributed by atoms with Gasteiger partial charge in [-0.2, -0.15) is 4.31 Å². The third-order valence-corrected chi connectivity index (χ3v) is 6.80. The Morgan fingerprint density at radius 3 is 2.35 bits per heavy atom. The van der Waals surface area contributed by atoms with Crippen LogP contribution in [-0.2, 0) is 19.9 Å². The predicted molar refractivity (Wildman–Crippen MR) is 76.3 cm³/mol. The van der Waals surface area contributed by atoms with Crippen molar-refractivity contribution in [2.75, 3.05) is 30.0 Å². The minimum absolute atomic E-state index is 0.00154. The van der Waals surface area contributed by atoms with Gasteiger partial charge in [0.15, 0.2) is 9.84 Å². The van der Waals surface area contributed by atoms with Crippen LogP contribution in [-0.4, -0.2) is 45.7 Å². The molecule has 0 amide bonds. The highest BCUT2D eigenvalue weighted by Gasteiger charge is 2.28. The Bertz CT molecular complexity index is 668. The Morgan fingerprint density at radius 2 is 1.75 bits per heavy atom. The molecule has 2 rings (SSSR count). The summed E-state index contributed by atoms with van der Waals surface area (Å²) in [6.07, 6.45) is 0.323. The second kappa shape index (κ2) is 5.68. The number of nitrogens with two attached hydrogens (primary N) is 1. The Hall–Kier alpha value is -1.16. The van der Waals surface area contributed by atoms with Gasteiger partial charge in [0, 0.05) is 18.8 Å². The number of anilines is 1. The van der Waals surface area contributed by atoms with Gasteiger partial charge in [0.05, 0.1) is 16.4 Å². The summed E-state index contributed by atoms with van der Waals surface area (Å²) in [5.74, 6) is 5.13. The van der Waals surface area contributed by atoms with Crippen molar-refractivity contribution in [1.82, 2.24) is 4.31 Å². The number of nitrogens with one attached hydrogen (secondary N) is 1. The van der Waals surface area contributed by atoms with Crippen LogP contribution in [0, 0.1) is 0 Å². The van der Waals surface area contributed by atoms with Crippen molar-refractivity contribution in [3.63, 3.8) is 0 Å². The minimum Gasteiger partial charge on any atom is -0.324 e. The number of rotatable bonds is 3. The molecule has 1 heterocycles. The third-order valence-electron chi connectivity index (χ3n) is 3.17. The maximum atomic E-state index is 12.4. The lowest BCUT2D eigenvalue weighted by atomic mass is 10.3. The molecule has 0 aliphatic carbocycles. The number of nitrogen functional groups attached to an aromatic ring is 1. The lowest BCUT2D eigenvalue weighted by Crippen LogP contribution is -2.33. The molecule has 1 aromatic rings. The number of nitrogens with zero attached hydrogens (tertiary/aromatic N) is 1. The smallest absolute Gasteiger partial charge is 0.243 e. The second-order valence-electron chi connectivity index (χ2n) is 4.58. The molecule has 0 aromatic heterocycles. The van der Waals surface area contributed by atoms with Gasteiger partial charge in [-0.15, -0.1) is 0 Å². The molecule has 0 bridgehead atoms. The topological polar surface area (TPSA) is 110 Å². The molecule has 0 spiro atoms. The van der Waals surface area contributed by atoms with Gasteiger partial charge in [-0.25, -0.2) is 16.8 Å². The average Bonchev–Trinajstić information content (AvgIpc) is 2.60. The van der Waals surface area contributed by atoms with Gasteiger partial charge in [-0.1, -0.05) is 0 Å². The van der Waals surface area contributed by atoms with E-state index in [1.54, 1.807) is 12.1 Å². The van der Waals surface area contributed by atoms with Crippen molar-refractivity contribution in [2.45, 2.75) is 11.3 Å². The van der Waals surface area contributed by atoms with Crippen LogP contribution in [0.4, 0.5) is 5.69 Å². The molecular formula is C11H17N3O4S2. The molecule has 7 nitrogen and oxygen atoms in total. The molecule has 1 fully saturated rings. The van der Waals surface area contributed by atoms with E-state index in [0.717, 1.165) is 0 Å². The maximum Gasteiger partial charge on any atom is 0.243 e. The van der Waals surface area contributed by atoms with E-state index < -0.39 is 19.9 Å². The molecule has 1 saturated heterocycles. The maximum absolute atomic E-state index is 12.4. The number of benzene rings is 1. The first kappa shape index (κ1) is 15.2. The summed E-state index contributed by atoms with van der Waals surface area (Å²) in [7, 11) is -6.80. The first-order chi connectivity index (χ1) is 9.35. The summed E-state index contributed by atoms with van der Waals surface area (Å²) in [4.78, 5) is 0.135. The lowest BCUT2D eigenvalue weighted by molar-refractivity contribution is 0.434. The van der Waals surface area contributed by atoms with Crippen LogP contribution in [0.3, 0.4) is 0 Å². The highest BCUT2D eigenvalue weighted by Crippen LogP contribution is 2.20. The Morgan fingerprint density at radius 1 is 1.10 bits per heavy atom. The molecule has 0 saturated carbocycles. The van der Waals surface area contributed by atoms with Crippen molar-refractivity contribution < 1.29 is 16.8 Å². The Balaban J connectivity index is 2.25. The van der Waals surface area contributed by atoms with Crippen molar-refractivity contribution in [3.8, 4) is 0 Å². The summed E-state index contributed by atoms with van der Waals surface area (Å²) >= 11 is 0. The minimum atomic E-state index is -3.66. The average molecular weight is 319 g/mol. The van der Waals surface area contributed by atoms with E-state index in [1.165, 1.54) is 16.4 Å². The fourth-order valence-electron chi connectivity index (χ4n) is 2.03. The fraction of sp³-hybridized carbons (Fsp3) is 0.455. The van der Waals surface area contributed by atoms with Gasteiger partial charge in [0.1, 0.15) is 0 Å². The third kappa shape index (κ3) is 3.29. The fourth-order valence-corrected chi connectivity index (χ4v) is 4.89. The van der Waals surface area contributed by atoms with Crippen LogP contribution < -0.4 is 11.3 Å². The highest BCUT2D eigenvalue weighted by atomic mass is 32.2. The zero-order valence-electron chi connectivity index (χ0n) is 10.8. The predicted octanol–water partition coefficient (Wildman–Crippen LogP) is -0.219. The van der Waals surface area contributed by atoms with Crippen molar-refractivity contribution in [1.29, 1.82) is 0 Å². The monoisotopic (exact) mass is 319 g/mol. The lowest BCUT2D eigenvalue weighted by Gasteiger charge is -2.19. The van der Waals surface area contributed by atoms with Gasteiger partial charge < -0.3 is 5.43 Å². The van der Waals surface area contributed by atoms with Crippen LogP contribution in [0.1, 0.15) is 6.42 Å². The largest absolute Gasteiger partial charge is 0.324 e. The molecule has 3 N–H and O–H groups in total. The molecule has 9 heteroatoms. The zero-order chi connectivity index (χ0) is 14.8. The summed E-state index contributed by atoms with van der Waals surface area (Å²) in [6.45, 7) is 0.222. The van der Waals surface area contributed by atoms with E-state index in [1.807, 2.05) is 0 Å². The van der Waals surface area contributed by atoms with Crippen molar-refractivity contribution in [3.05, 3.63) is 24.3 Å². The number of hydrazine groups is 1. The van der Waals surface area contributed by atoms with E-state index >= 15 is 0 Å².